The molecule has 1 aromatic heterocycles. The van der Waals surface area contributed by atoms with Crippen LogP contribution in [0, 0.1) is 5.92 Å². The van der Waals surface area contributed by atoms with Gasteiger partial charge in [0.1, 0.15) is 0 Å². The number of nitrogens with zero attached hydrogens (tertiary/aromatic N) is 3. The second-order valence-electron chi connectivity index (χ2n) is 5.37. The highest BCUT2D eigenvalue weighted by atomic mass is 35.5. The highest BCUT2D eigenvalue weighted by Gasteiger charge is 2.25. The van der Waals surface area contributed by atoms with Gasteiger partial charge in [0.25, 0.3) is 0 Å². The Balaban J connectivity index is 1.80. The van der Waals surface area contributed by atoms with Crippen molar-refractivity contribution in [2.24, 2.45) is 11.7 Å². The summed E-state index contributed by atoms with van der Waals surface area (Å²) in [7, 11) is 0. The zero-order valence-electron chi connectivity index (χ0n) is 11.4. The normalized spacial score (nSPS) is 23.1. The van der Waals surface area contributed by atoms with Gasteiger partial charge in [0, 0.05) is 29.7 Å². The van der Waals surface area contributed by atoms with Gasteiger partial charge in [-0.2, -0.15) is 4.98 Å². The van der Waals surface area contributed by atoms with Crippen LogP contribution >= 0.6 is 11.6 Å². The summed E-state index contributed by atoms with van der Waals surface area (Å²) in [6.45, 7) is 3.94. The molecule has 2 aromatic rings. The molecule has 0 spiro atoms. The van der Waals surface area contributed by atoms with Crippen LogP contribution in [0.2, 0.25) is 5.02 Å². The van der Waals surface area contributed by atoms with Gasteiger partial charge in [-0.3, -0.25) is 5.10 Å². The second kappa shape index (κ2) is 5.42. The van der Waals surface area contributed by atoms with Crippen molar-refractivity contribution in [2.75, 3.05) is 18.0 Å². The number of hydrogen-bond donors (Lipinski definition) is 2. The van der Waals surface area contributed by atoms with Crippen molar-refractivity contribution in [1.29, 1.82) is 0 Å². The highest BCUT2D eigenvalue weighted by molar-refractivity contribution is 6.30. The van der Waals surface area contributed by atoms with E-state index in [1.807, 2.05) is 24.3 Å². The molecule has 1 aliphatic heterocycles. The summed E-state index contributed by atoms with van der Waals surface area (Å²) in [6, 6.07) is 7.75. The standard InChI is InChI=1S/C14H18ClN5/c1-9-5-6-20(8-12(9)16)14-17-13(18-19-14)10-3-2-4-11(15)7-10/h2-4,7,9,12H,5-6,8,16H2,1H3,(H,17,18,19). The molecule has 0 aliphatic carbocycles. The Hall–Kier alpha value is -1.59. The largest absolute Gasteiger partial charge is 0.338 e. The Labute approximate surface area is 123 Å². The fraction of sp³-hybridized carbons (Fsp3) is 0.429. The van der Waals surface area contributed by atoms with E-state index in [4.69, 9.17) is 17.3 Å². The quantitative estimate of drug-likeness (QED) is 0.891. The first kappa shape index (κ1) is 13.4. The van der Waals surface area contributed by atoms with Gasteiger partial charge in [-0.15, -0.1) is 5.10 Å². The second-order valence-corrected chi connectivity index (χ2v) is 5.81. The lowest BCUT2D eigenvalue weighted by Gasteiger charge is -2.34. The average molecular weight is 292 g/mol. The number of nitrogens with two attached hydrogens (primary N) is 1. The van der Waals surface area contributed by atoms with Crippen LogP contribution in [0.15, 0.2) is 24.3 Å². The summed E-state index contributed by atoms with van der Waals surface area (Å²) in [5.41, 5.74) is 7.05. The van der Waals surface area contributed by atoms with E-state index in [1.165, 1.54) is 0 Å². The fourth-order valence-electron chi connectivity index (χ4n) is 2.44. The minimum atomic E-state index is 0.178. The number of nitrogens with one attached hydrogen (secondary N) is 1. The van der Waals surface area contributed by atoms with Crippen LogP contribution in [-0.4, -0.2) is 34.3 Å². The molecule has 0 amide bonds. The molecule has 1 fully saturated rings. The number of anilines is 1. The summed E-state index contributed by atoms with van der Waals surface area (Å²) in [5, 5.41) is 7.96. The highest BCUT2D eigenvalue weighted by Crippen LogP contribution is 2.23. The summed E-state index contributed by atoms with van der Waals surface area (Å²) >= 11 is 6.00. The molecule has 0 saturated carbocycles. The van der Waals surface area contributed by atoms with E-state index in [0.29, 0.717) is 16.9 Å². The molecule has 5 nitrogen and oxygen atoms in total. The third-order valence-corrected chi connectivity index (χ3v) is 4.11. The number of halogens is 1. The minimum Gasteiger partial charge on any atom is -0.338 e. The van der Waals surface area contributed by atoms with Gasteiger partial charge in [0.15, 0.2) is 5.82 Å². The summed E-state index contributed by atoms with van der Waals surface area (Å²) in [5.74, 6) is 2.00. The molecule has 1 saturated heterocycles. The van der Waals surface area contributed by atoms with Crippen molar-refractivity contribution in [2.45, 2.75) is 19.4 Å². The van der Waals surface area contributed by atoms with E-state index in [2.05, 4.69) is 27.0 Å². The van der Waals surface area contributed by atoms with Gasteiger partial charge < -0.3 is 10.6 Å². The first-order valence-electron chi connectivity index (χ1n) is 6.82. The monoisotopic (exact) mass is 291 g/mol. The van der Waals surface area contributed by atoms with Gasteiger partial charge in [0.05, 0.1) is 0 Å². The molecule has 20 heavy (non-hydrogen) atoms. The van der Waals surface area contributed by atoms with Gasteiger partial charge in [-0.05, 0) is 24.5 Å². The molecule has 3 N–H and O–H groups in total. The Morgan fingerprint density at radius 3 is 3.05 bits per heavy atom. The molecule has 2 heterocycles. The molecular weight excluding hydrogens is 274 g/mol. The van der Waals surface area contributed by atoms with Gasteiger partial charge >= 0.3 is 0 Å². The number of hydrogen-bond acceptors (Lipinski definition) is 4. The molecule has 1 aliphatic rings. The van der Waals surface area contributed by atoms with E-state index >= 15 is 0 Å². The lowest BCUT2D eigenvalue weighted by atomic mass is 9.95. The van der Waals surface area contributed by atoms with E-state index < -0.39 is 0 Å². The number of rotatable bonds is 2. The molecule has 2 atom stereocenters. The van der Waals surface area contributed by atoms with Crippen LogP contribution in [-0.2, 0) is 0 Å². The maximum atomic E-state index is 6.12. The van der Waals surface area contributed by atoms with Crippen LogP contribution in [0.25, 0.3) is 11.4 Å². The predicted molar refractivity (Wildman–Crippen MR) is 80.8 cm³/mol. The fourth-order valence-corrected chi connectivity index (χ4v) is 2.63. The molecule has 0 bridgehead atoms. The van der Waals surface area contributed by atoms with Crippen molar-refractivity contribution in [1.82, 2.24) is 15.2 Å². The number of benzene rings is 1. The summed E-state index contributed by atoms with van der Waals surface area (Å²) in [6.07, 6.45) is 1.07. The maximum Gasteiger partial charge on any atom is 0.245 e. The van der Waals surface area contributed by atoms with Crippen molar-refractivity contribution in [3.63, 3.8) is 0 Å². The van der Waals surface area contributed by atoms with Gasteiger partial charge in [0.2, 0.25) is 5.95 Å². The smallest absolute Gasteiger partial charge is 0.245 e. The molecule has 3 rings (SSSR count). The summed E-state index contributed by atoms with van der Waals surface area (Å²) in [4.78, 5) is 6.68. The number of aromatic amines is 1. The van der Waals surface area contributed by atoms with E-state index in [0.717, 1.165) is 30.9 Å². The molecule has 1 aromatic carbocycles. The number of piperidine rings is 1. The molecule has 106 valence electrons. The molecule has 2 unspecified atom stereocenters. The average Bonchev–Trinajstić information content (AvgIpc) is 2.92. The Morgan fingerprint density at radius 1 is 1.45 bits per heavy atom. The van der Waals surface area contributed by atoms with Crippen LogP contribution in [0.1, 0.15) is 13.3 Å². The van der Waals surface area contributed by atoms with Crippen molar-refractivity contribution >= 4 is 17.5 Å². The maximum absolute atomic E-state index is 6.12. The van der Waals surface area contributed by atoms with Crippen molar-refractivity contribution < 1.29 is 0 Å². The zero-order valence-corrected chi connectivity index (χ0v) is 12.1. The zero-order chi connectivity index (χ0) is 14.1. The lowest BCUT2D eigenvalue weighted by molar-refractivity contribution is 0.376. The predicted octanol–water partition coefficient (Wildman–Crippen LogP) is 2.30. The lowest BCUT2D eigenvalue weighted by Crippen LogP contribution is -2.48. The van der Waals surface area contributed by atoms with Crippen LogP contribution < -0.4 is 10.6 Å². The molecule has 6 heteroatoms. The van der Waals surface area contributed by atoms with Crippen LogP contribution in [0.3, 0.4) is 0 Å². The SMILES string of the molecule is CC1CCN(c2n[nH]c(-c3cccc(Cl)c3)n2)CC1N. The Bertz CT molecular complexity index is 597. The third-order valence-electron chi connectivity index (χ3n) is 3.87. The van der Waals surface area contributed by atoms with Gasteiger partial charge in [-0.25, -0.2) is 0 Å². The molecular formula is C14H18ClN5. The Kier molecular flexibility index (Phi) is 3.63. The summed E-state index contributed by atoms with van der Waals surface area (Å²) < 4.78 is 0. The minimum absolute atomic E-state index is 0.178. The van der Waals surface area contributed by atoms with Crippen molar-refractivity contribution in [3.05, 3.63) is 29.3 Å². The number of H-pyrrole nitrogens is 1. The number of aromatic nitrogens is 3. The van der Waals surface area contributed by atoms with Crippen LogP contribution in [0.4, 0.5) is 5.95 Å². The first-order chi connectivity index (χ1) is 9.63. The van der Waals surface area contributed by atoms with Crippen molar-refractivity contribution in [3.8, 4) is 11.4 Å². The van der Waals surface area contributed by atoms with Gasteiger partial charge in [-0.1, -0.05) is 30.7 Å². The van der Waals surface area contributed by atoms with E-state index in [1.54, 1.807) is 0 Å². The van der Waals surface area contributed by atoms with E-state index in [9.17, 15) is 0 Å². The van der Waals surface area contributed by atoms with E-state index in [-0.39, 0.29) is 6.04 Å². The molecule has 0 radical (unpaired) electrons. The first-order valence-corrected chi connectivity index (χ1v) is 7.20. The van der Waals surface area contributed by atoms with Crippen LogP contribution in [0.5, 0.6) is 0 Å². The topological polar surface area (TPSA) is 70.8 Å². The third kappa shape index (κ3) is 2.64. The Morgan fingerprint density at radius 2 is 2.30 bits per heavy atom.